The first-order valence-corrected chi connectivity index (χ1v) is 9.49. The topological polar surface area (TPSA) is 37.8 Å². The monoisotopic (exact) mass is 331 g/mol. The number of aromatic nitrogens is 1. The molecule has 1 aromatic rings. The molecule has 0 amide bonds. The molecule has 0 bridgehead atoms. The van der Waals surface area contributed by atoms with Crippen LogP contribution in [0.4, 0.5) is 0 Å². The fourth-order valence-corrected chi connectivity index (χ4v) is 4.41. The molecule has 3 aliphatic rings. The number of hydrogen-bond donors (Lipinski definition) is 0. The normalized spacial score (nSPS) is 31.4. The molecule has 24 heavy (non-hydrogen) atoms. The van der Waals surface area contributed by atoms with E-state index in [-0.39, 0.29) is 12.2 Å². The van der Waals surface area contributed by atoms with Crippen molar-refractivity contribution >= 4 is 0 Å². The summed E-state index contributed by atoms with van der Waals surface area (Å²) in [7, 11) is 0. The Morgan fingerprint density at radius 3 is 2.92 bits per heavy atom. The number of likely N-dealkylation sites (tertiary alicyclic amines) is 1. The lowest BCUT2D eigenvalue weighted by Crippen LogP contribution is -2.53. The molecule has 0 radical (unpaired) electrons. The van der Waals surface area contributed by atoms with Gasteiger partial charge in [-0.2, -0.15) is 0 Å². The lowest BCUT2D eigenvalue weighted by molar-refractivity contribution is -0.117. The van der Waals surface area contributed by atoms with Gasteiger partial charge in [-0.3, -0.25) is 9.88 Å². The van der Waals surface area contributed by atoms with Gasteiger partial charge in [-0.15, -0.1) is 0 Å². The first-order valence-electron chi connectivity index (χ1n) is 9.49. The van der Waals surface area contributed by atoms with Crippen molar-refractivity contribution in [2.75, 3.05) is 39.3 Å². The predicted octanol–water partition coefficient (Wildman–Crippen LogP) is 1.93. The molecule has 5 nitrogen and oxygen atoms in total. The predicted molar refractivity (Wildman–Crippen MR) is 92.8 cm³/mol. The van der Waals surface area contributed by atoms with Crippen molar-refractivity contribution in [3.63, 3.8) is 0 Å². The maximum absolute atomic E-state index is 6.18. The first kappa shape index (κ1) is 16.5. The van der Waals surface area contributed by atoms with Gasteiger partial charge in [-0.05, 0) is 50.4 Å². The summed E-state index contributed by atoms with van der Waals surface area (Å²) in [5, 5.41) is 0. The summed E-state index contributed by atoms with van der Waals surface area (Å²) in [6.45, 7) is 7.52. The summed E-state index contributed by atoms with van der Waals surface area (Å²) in [5.41, 5.74) is 1.14. The van der Waals surface area contributed by atoms with Crippen molar-refractivity contribution in [3.05, 3.63) is 30.1 Å². The SMILES string of the molecule is c1cncc(CO[C@@H]2CC[C@@H]3[C@@H]2OCCN3CCN2CCCC2)c1. The fourth-order valence-electron chi connectivity index (χ4n) is 4.41. The van der Waals surface area contributed by atoms with Crippen LogP contribution in [0.2, 0.25) is 0 Å². The van der Waals surface area contributed by atoms with E-state index < -0.39 is 0 Å². The maximum Gasteiger partial charge on any atom is 0.0992 e. The Hall–Kier alpha value is -1.01. The summed E-state index contributed by atoms with van der Waals surface area (Å²) in [4.78, 5) is 9.42. The third-order valence-corrected chi connectivity index (χ3v) is 5.74. The largest absolute Gasteiger partial charge is 0.373 e. The molecule has 3 atom stereocenters. The fraction of sp³-hybridized carbons (Fsp3) is 0.737. The zero-order chi connectivity index (χ0) is 16.2. The van der Waals surface area contributed by atoms with Gasteiger partial charge < -0.3 is 14.4 Å². The Bertz CT molecular complexity index is 507. The molecule has 1 aromatic heterocycles. The molecule has 1 saturated carbocycles. The Morgan fingerprint density at radius 1 is 1.17 bits per heavy atom. The summed E-state index contributed by atoms with van der Waals surface area (Å²) < 4.78 is 12.3. The maximum atomic E-state index is 6.18. The molecule has 4 rings (SSSR count). The average Bonchev–Trinajstić information content (AvgIpc) is 3.29. The van der Waals surface area contributed by atoms with Crippen LogP contribution in [0.25, 0.3) is 0 Å². The van der Waals surface area contributed by atoms with Crippen molar-refractivity contribution in [2.45, 2.75) is 50.5 Å². The molecule has 0 aromatic carbocycles. The minimum atomic E-state index is 0.227. The summed E-state index contributed by atoms with van der Waals surface area (Å²) in [6.07, 6.45) is 9.21. The molecule has 1 aliphatic carbocycles. The van der Waals surface area contributed by atoms with E-state index in [9.17, 15) is 0 Å². The lowest BCUT2D eigenvalue weighted by Gasteiger charge is -2.39. The number of morpholine rings is 1. The van der Waals surface area contributed by atoms with E-state index in [2.05, 4.69) is 20.9 Å². The first-order chi connectivity index (χ1) is 11.9. The van der Waals surface area contributed by atoms with Crippen LogP contribution >= 0.6 is 0 Å². The van der Waals surface area contributed by atoms with Crippen molar-refractivity contribution in [3.8, 4) is 0 Å². The van der Waals surface area contributed by atoms with Crippen molar-refractivity contribution < 1.29 is 9.47 Å². The van der Waals surface area contributed by atoms with Gasteiger partial charge in [0.2, 0.25) is 0 Å². The Morgan fingerprint density at radius 2 is 2.08 bits per heavy atom. The van der Waals surface area contributed by atoms with Gasteiger partial charge in [0, 0.05) is 38.1 Å². The second-order valence-corrected chi connectivity index (χ2v) is 7.28. The molecule has 3 heterocycles. The highest BCUT2D eigenvalue weighted by Crippen LogP contribution is 2.32. The molecule has 132 valence electrons. The Labute approximate surface area is 144 Å². The molecule has 0 unspecified atom stereocenters. The smallest absolute Gasteiger partial charge is 0.0992 e. The second-order valence-electron chi connectivity index (χ2n) is 7.28. The molecule has 0 N–H and O–H groups in total. The van der Waals surface area contributed by atoms with E-state index in [1.165, 1.54) is 45.4 Å². The quantitative estimate of drug-likeness (QED) is 0.796. The average molecular weight is 331 g/mol. The number of fused-ring (bicyclic) bond motifs is 1. The van der Waals surface area contributed by atoms with E-state index in [1.807, 2.05) is 12.3 Å². The summed E-state index contributed by atoms with van der Waals surface area (Å²) in [6, 6.07) is 4.58. The van der Waals surface area contributed by atoms with E-state index in [0.29, 0.717) is 12.6 Å². The van der Waals surface area contributed by atoms with Gasteiger partial charge >= 0.3 is 0 Å². The van der Waals surface area contributed by atoms with Crippen LogP contribution in [0.5, 0.6) is 0 Å². The van der Waals surface area contributed by atoms with Gasteiger partial charge in [-0.25, -0.2) is 0 Å². The molecule has 2 saturated heterocycles. The van der Waals surface area contributed by atoms with Crippen LogP contribution in [0.1, 0.15) is 31.2 Å². The molecule has 3 fully saturated rings. The Balaban J connectivity index is 1.29. The lowest BCUT2D eigenvalue weighted by atomic mass is 10.1. The molecular formula is C19H29N3O2. The van der Waals surface area contributed by atoms with Crippen LogP contribution in [-0.4, -0.2) is 72.4 Å². The number of pyridine rings is 1. The van der Waals surface area contributed by atoms with Crippen molar-refractivity contribution in [1.82, 2.24) is 14.8 Å². The molecule has 5 heteroatoms. The van der Waals surface area contributed by atoms with Crippen LogP contribution in [0, 0.1) is 0 Å². The van der Waals surface area contributed by atoms with E-state index >= 15 is 0 Å². The highest BCUT2D eigenvalue weighted by Gasteiger charge is 2.43. The minimum absolute atomic E-state index is 0.227. The van der Waals surface area contributed by atoms with Gasteiger partial charge in [0.25, 0.3) is 0 Å². The van der Waals surface area contributed by atoms with Crippen LogP contribution < -0.4 is 0 Å². The zero-order valence-corrected chi connectivity index (χ0v) is 14.5. The second kappa shape index (κ2) is 7.91. The highest BCUT2D eigenvalue weighted by atomic mass is 16.5. The van der Waals surface area contributed by atoms with Crippen LogP contribution in [0.15, 0.2) is 24.5 Å². The van der Waals surface area contributed by atoms with Gasteiger partial charge in [0.1, 0.15) is 0 Å². The van der Waals surface area contributed by atoms with E-state index in [0.717, 1.165) is 25.1 Å². The summed E-state index contributed by atoms with van der Waals surface area (Å²) >= 11 is 0. The molecule has 2 aliphatic heterocycles. The minimum Gasteiger partial charge on any atom is -0.373 e. The standard InChI is InChI=1S/C19H29N3O2/c1-2-9-21(8-1)10-11-22-12-13-23-19-17(22)5-6-18(19)24-15-16-4-3-7-20-14-16/h3-4,7,14,17-19H,1-2,5-6,8-13,15H2/t17-,18-,19+/m1/s1. The Kier molecular flexibility index (Phi) is 5.43. The zero-order valence-electron chi connectivity index (χ0n) is 14.5. The summed E-state index contributed by atoms with van der Waals surface area (Å²) in [5.74, 6) is 0. The third-order valence-electron chi connectivity index (χ3n) is 5.74. The number of nitrogens with zero attached hydrogens (tertiary/aromatic N) is 3. The number of rotatable bonds is 6. The van der Waals surface area contributed by atoms with E-state index in [4.69, 9.17) is 9.47 Å². The van der Waals surface area contributed by atoms with Gasteiger partial charge in [0.15, 0.2) is 0 Å². The van der Waals surface area contributed by atoms with Crippen molar-refractivity contribution in [1.29, 1.82) is 0 Å². The van der Waals surface area contributed by atoms with Gasteiger partial charge in [0.05, 0.1) is 25.4 Å². The highest BCUT2D eigenvalue weighted by molar-refractivity contribution is 5.07. The van der Waals surface area contributed by atoms with Crippen LogP contribution in [0.3, 0.4) is 0 Å². The van der Waals surface area contributed by atoms with E-state index in [1.54, 1.807) is 6.20 Å². The third kappa shape index (κ3) is 3.80. The number of ether oxygens (including phenoxy) is 2. The van der Waals surface area contributed by atoms with Crippen LogP contribution in [-0.2, 0) is 16.1 Å². The number of hydrogen-bond acceptors (Lipinski definition) is 5. The molecule has 0 spiro atoms. The molecular weight excluding hydrogens is 302 g/mol. The van der Waals surface area contributed by atoms with Gasteiger partial charge in [-0.1, -0.05) is 6.07 Å². The van der Waals surface area contributed by atoms with Crippen molar-refractivity contribution in [2.24, 2.45) is 0 Å².